The molecule has 2 unspecified atom stereocenters. The van der Waals surface area contributed by atoms with Crippen LogP contribution in [0.3, 0.4) is 0 Å². The SMILES string of the molecule is CC/C=C\C/C=C\C/C=C\C/C=C\CCCOCC(COP(=O)(O)OCC[N+](C)(C)C)OC(=O)CCCCCCCCCCC/C=C\C/C=C\CCCCCCC. The summed E-state index contributed by atoms with van der Waals surface area (Å²) in [5.41, 5.74) is 0. The van der Waals surface area contributed by atoms with Crippen LogP contribution in [0.25, 0.3) is 0 Å². The maximum absolute atomic E-state index is 12.7. The minimum Gasteiger partial charge on any atom is -0.457 e. The number of likely N-dealkylation sites (N-methyl/N-ethyl adjacent to an activating group) is 1. The summed E-state index contributed by atoms with van der Waals surface area (Å²) in [6.45, 7) is 5.33. The van der Waals surface area contributed by atoms with Crippen molar-refractivity contribution in [1.29, 1.82) is 0 Å². The van der Waals surface area contributed by atoms with Gasteiger partial charge in [0.15, 0.2) is 0 Å². The van der Waals surface area contributed by atoms with Crippen LogP contribution in [0.4, 0.5) is 0 Å². The molecule has 0 aliphatic rings. The molecule has 2 atom stereocenters. The van der Waals surface area contributed by atoms with Crippen LogP contribution >= 0.6 is 7.82 Å². The summed E-state index contributed by atoms with van der Waals surface area (Å²) in [4.78, 5) is 22.9. The summed E-state index contributed by atoms with van der Waals surface area (Å²) in [5, 5.41) is 0. The second kappa shape index (κ2) is 40.7. The molecule has 0 aromatic heterocycles. The lowest BCUT2D eigenvalue weighted by molar-refractivity contribution is -0.870. The smallest absolute Gasteiger partial charge is 0.457 e. The Labute approximate surface area is 351 Å². The highest BCUT2D eigenvalue weighted by atomic mass is 31.2. The van der Waals surface area contributed by atoms with E-state index in [1.165, 1.54) is 83.5 Å². The topological polar surface area (TPSA) is 91.3 Å². The zero-order valence-corrected chi connectivity index (χ0v) is 38.2. The molecular weight excluding hydrogens is 734 g/mol. The summed E-state index contributed by atoms with van der Waals surface area (Å²) in [6, 6.07) is 0. The standard InChI is InChI=1S/C48H86NO7P/c1-6-8-10-12-14-16-18-20-22-23-24-25-26-27-28-29-31-33-35-37-39-41-48(50)56-47(46-55-57(51,52)54-44-42-49(3,4)5)45-53-43-40-38-36-34-32-30-21-19-17-15-13-11-9-7-2/h9,11,15,17-18,20-21,23-24,30,34,36,47H,6-8,10,12-14,16,19,22,25-29,31-33,35,37-46H2,1-5H3/p+1/b11-9-,17-15-,20-18-,24-23-,30-21-,36-34-. The van der Waals surface area contributed by atoms with Crippen LogP contribution in [0.15, 0.2) is 72.9 Å². The van der Waals surface area contributed by atoms with Crippen molar-refractivity contribution in [3.63, 3.8) is 0 Å². The van der Waals surface area contributed by atoms with E-state index in [0.717, 1.165) is 64.2 Å². The van der Waals surface area contributed by atoms with Gasteiger partial charge in [0.05, 0.1) is 34.4 Å². The number of hydrogen-bond acceptors (Lipinski definition) is 6. The molecule has 0 bridgehead atoms. The van der Waals surface area contributed by atoms with Gasteiger partial charge in [-0.3, -0.25) is 13.8 Å². The number of nitrogens with zero attached hydrogens (tertiary/aromatic N) is 1. The van der Waals surface area contributed by atoms with Crippen LogP contribution in [0.5, 0.6) is 0 Å². The molecule has 8 nitrogen and oxygen atoms in total. The lowest BCUT2D eigenvalue weighted by Gasteiger charge is -2.24. The third-order valence-electron chi connectivity index (χ3n) is 9.25. The highest BCUT2D eigenvalue weighted by Crippen LogP contribution is 2.43. The molecule has 0 radical (unpaired) electrons. The molecular formula is C48H87NO7P+. The van der Waals surface area contributed by atoms with E-state index < -0.39 is 13.9 Å². The van der Waals surface area contributed by atoms with Crippen molar-refractivity contribution < 1.29 is 37.3 Å². The van der Waals surface area contributed by atoms with Gasteiger partial charge >= 0.3 is 13.8 Å². The van der Waals surface area contributed by atoms with Crippen molar-refractivity contribution in [3.8, 4) is 0 Å². The first-order valence-corrected chi connectivity index (χ1v) is 24.2. The minimum atomic E-state index is -4.29. The first-order chi connectivity index (χ1) is 27.6. The van der Waals surface area contributed by atoms with Gasteiger partial charge in [-0.15, -0.1) is 0 Å². The molecule has 0 aromatic carbocycles. The molecule has 0 spiro atoms. The number of rotatable bonds is 41. The molecule has 0 amide bonds. The van der Waals surface area contributed by atoms with Crippen LogP contribution in [-0.4, -0.2) is 75.6 Å². The van der Waals surface area contributed by atoms with E-state index in [4.69, 9.17) is 18.5 Å². The molecule has 57 heavy (non-hydrogen) atoms. The van der Waals surface area contributed by atoms with Gasteiger partial charge in [-0.1, -0.05) is 157 Å². The second-order valence-corrected chi connectivity index (χ2v) is 17.5. The van der Waals surface area contributed by atoms with Gasteiger partial charge in [-0.05, 0) is 77.0 Å². The Morgan fingerprint density at radius 2 is 1.02 bits per heavy atom. The van der Waals surface area contributed by atoms with Gasteiger partial charge in [0.2, 0.25) is 0 Å². The highest BCUT2D eigenvalue weighted by molar-refractivity contribution is 7.47. The van der Waals surface area contributed by atoms with E-state index in [9.17, 15) is 14.3 Å². The molecule has 0 saturated heterocycles. The highest BCUT2D eigenvalue weighted by Gasteiger charge is 2.26. The van der Waals surface area contributed by atoms with Crippen molar-refractivity contribution in [2.45, 2.75) is 174 Å². The number of allylic oxidation sites excluding steroid dienone is 12. The summed E-state index contributed by atoms with van der Waals surface area (Å²) in [5.74, 6) is -0.339. The summed E-state index contributed by atoms with van der Waals surface area (Å²) in [6.07, 6.45) is 52.4. The Balaban J connectivity index is 4.27. The number of esters is 1. The van der Waals surface area contributed by atoms with Gasteiger partial charge in [-0.25, -0.2) is 4.57 Å². The average molecular weight is 821 g/mol. The number of ether oxygens (including phenoxy) is 2. The van der Waals surface area contributed by atoms with Crippen LogP contribution in [0.1, 0.15) is 168 Å². The molecule has 0 rings (SSSR count). The lowest BCUT2D eigenvalue weighted by atomic mass is 10.1. The third-order valence-corrected chi connectivity index (χ3v) is 10.2. The van der Waals surface area contributed by atoms with E-state index in [1.807, 2.05) is 21.1 Å². The Hall–Kier alpha value is -2.06. The number of phosphoric ester groups is 1. The number of carbonyl (C=O) groups is 1. The molecule has 0 heterocycles. The van der Waals surface area contributed by atoms with Crippen LogP contribution in [0, 0.1) is 0 Å². The summed E-state index contributed by atoms with van der Waals surface area (Å²) in [7, 11) is 1.62. The Morgan fingerprint density at radius 3 is 1.53 bits per heavy atom. The molecule has 0 aromatic rings. The first-order valence-electron chi connectivity index (χ1n) is 22.7. The van der Waals surface area contributed by atoms with Gasteiger partial charge < -0.3 is 18.9 Å². The van der Waals surface area contributed by atoms with E-state index in [2.05, 4.69) is 86.8 Å². The van der Waals surface area contributed by atoms with Gasteiger partial charge in [-0.2, -0.15) is 0 Å². The number of phosphoric acid groups is 1. The number of unbranched alkanes of at least 4 members (excludes halogenated alkanes) is 15. The van der Waals surface area contributed by atoms with Crippen LogP contribution in [-0.2, 0) is 27.9 Å². The van der Waals surface area contributed by atoms with E-state index in [-0.39, 0.29) is 25.8 Å². The minimum absolute atomic E-state index is 0.0742. The Kier molecular flexibility index (Phi) is 39.2. The molecule has 0 saturated carbocycles. The fraction of sp³-hybridized carbons (Fsp3) is 0.729. The molecule has 0 aliphatic carbocycles. The van der Waals surface area contributed by atoms with Gasteiger partial charge in [0.25, 0.3) is 0 Å². The van der Waals surface area contributed by atoms with Crippen molar-refractivity contribution >= 4 is 13.8 Å². The molecule has 0 fully saturated rings. The number of hydrogen-bond donors (Lipinski definition) is 1. The van der Waals surface area contributed by atoms with Gasteiger partial charge in [0, 0.05) is 13.0 Å². The van der Waals surface area contributed by atoms with Crippen LogP contribution < -0.4 is 0 Å². The second-order valence-electron chi connectivity index (χ2n) is 16.0. The third kappa shape index (κ3) is 44.9. The van der Waals surface area contributed by atoms with Crippen molar-refractivity contribution in [2.75, 3.05) is 54.1 Å². The summed E-state index contributed by atoms with van der Waals surface area (Å²) < 4.78 is 34.9. The van der Waals surface area contributed by atoms with E-state index >= 15 is 0 Å². The van der Waals surface area contributed by atoms with Crippen LogP contribution in [0.2, 0.25) is 0 Å². The molecule has 1 N–H and O–H groups in total. The van der Waals surface area contributed by atoms with E-state index in [0.29, 0.717) is 24.1 Å². The lowest BCUT2D eigenvalue weighted by Crippen LogP contribution is -2.37. The van der Waals surface area contributed by atoms with Crippen molar-refractivity contribution in [1.82, 2.24) is 0 Å². The van der Waals surface area contributed by atoms with E-state index in [1.54, 1.807) is 0 Å². The monoisotopic (exact) mass is 821 g/mol. The predicted octanol–water partition coefficient (Wildman–Crippen LogP) is 13.5. The molecule has 9 heteroatoms. The normalized spacial score (nSPS) is 14.4. The van der Waals surface area contributed by atoms with Crippen molar-refractivity contribution in [3.05, 3.63) is 72.9 Å². The quantitative estimate of drug-likeness (QED) is 0.0216. The zero-order valence-electron chi connectivity index (χ0n) is 37.3. The number of quaternary nitrogens is 1. The fourth-order valence-electron chi connectivity index (χ4n) is 5.76. The first kappa shape index (κ1) is 54.9. The van der Waals surface area contributed by atoms with Crippen molar-refractivity contribution in [2.24, 2.45) is 0 Å². The average Bonchev–Trinajstić information content (AvgIpc) is 3.16. The number of carbonyl (C=O) groups excluding carboxylic acids is 1. The summed E-state index contributed by atoms with van der Waals surface area (Å²) >= 11 is 0. The maximum atomic E-state index is 12.7. The Bertz CT molecular complexity index is 1140. The largest absolute Gasteiger partial charge is 0.472 e. The maximum Gasteiger partial charge on any atom is 0.472 e. The molecule has 0 aliphatic heterocycles. The fourth-order valence-corrected chi connectivity index (χ4v) is 6.50. The zero-order chi connectivity index (χ0) is 42.0. The predicted molar refractivity (Wildman–Crippen MR) is 242 cm³/mol. The Morgan fingerprint density at radius 1 is 0.561 bits per heavy atom. The van der Waals surface area contributed by atoms with Gasteiger partial charge in [0.1, 0.15) is 19.3 Å². The molecule has 330 valence electrons.